The van der Waals surface area contributed by atoms with E-state index in [1.54, 1.807) is 10.6 Å². The third-order valence-electron chi connectivity index (χ3n) is 4.63. The number of nitrogen functional groups attached to an aromatic ring is 1. The van der Waals surface area contributed by atoms with E-state index >= 15 is 0 Å². The van der Waals surface area contributed by atoms with Crippen LogP contribution in [-0.4, -0.2) is 14.5 Å². The van der Waals surface area contributed by atoms with Gasteiger partial charge in [0.1, 0.15) is 11.6 Å². The Hall–Kier alpha value is -2.78. The number of fused-ring (bicyclic) bond motifs is 2. The lowest BCUT2D eigenvalue weighted by atomic mass is 9.96. The van der Waals surface area contributed by atoms with Crippen LogP contribution in [0.2, 0.25) is 0 Å². The number of hydrogen-bond donors (Lipinski definition) is 2. The Morgan fingerprint density at radius 1 is 1.28 bits per heavy atom. The van der Waals surface area contributed by atoms with Gasteiger partial charge in [0.05, 0.1) is 28.7 Å². The maximum atomic E-state index is 9.32. The van der Waals surface area contributed by atoms with Crippen LogP contribution < -0.4 is 11.1 Å². The highest BCUT2D eigenvalue weighted by molar-refractivity contribution is 5.95. The molecular formula is C18H19ClN6. The summed E-state index contributed by atoms with van der Waals surface area (Å²) in [5.41, 5.74) is 12.2. The normalized spacial score (nSPS) is 13.0. The van der Waals surface area contributed by atoms with Gasteiger partial charge in [-0.2, -0.15) is 5.26 Å². The molecule has 0 radical (unpaired) electrons. The van der Waals surface area contributed by atoms with Crippen molar-refractivity contribution in [3.8, 4) is 6.07 Å². The summed E-state index contributed by atoms with van der Waals surface area (Å²) in [6.07, 6.45) is 6.44. The molecule has 0 amide bonds. The van der Waals surface area contributed by atoms with Crippen LogP contribution in [0.25, 0.3) is 11.0 Å². The van der Waals surface area contributed by atoms with Crippen molar-refractivity contribution in [1.82, 2.24) is 14.5 Å². The Labute approximate surface area is 152 Å². The molecule has 25 heavy (non-hydrogen) atoms. The summed E-state index contributed by atoms with van der Waals surface area (Å²) in [4.78, 5) is 9.00. The van der Waals surface area contributed by atoms with Crippen LogP contribution in [0.15, 0.2) is 24.4 Å². The minimum Gasteiger partial charge on any atom is -0.369 e. The van der Waals surface area contributed by atoms with E-state index in [4.69, 9.17) is 5.73 Å². The van der Waals surface area contributed by atoms with Crippen molar-refractivity contribution in [3.05, 3.63) is 41.2 Å². The Morgan fingerprint density at radius 3 is 2.88 bits per heavy atom. The summed E-state index contributed by atoms with van der Waals surface area (Å²) in [5.74, 6) is 0.388. The molecule has 0 atom stereocenters. The molecule has 3 N–H and O–H groups in total. The van der Waals surface area contributed by atoms with Gasteiger partial charge in [0.15, 0.2) is 0 Å². The van der Waals surface area contributed by atoms with Crippen molar-refractivity contribution in [2.45, 2.75) is 25.7 Å². The summed E-state index contributed by atoms with van der Waals surface area (Å²) >= 11 is 0. The third-order valence-corrected chi connectivity index (χ3v) is 4.63. The summed E-state index contributed by atoms with van der Waals surface area (Å²) in [5, 5.41) is 12.7. The molecule has 0 aliphatic heterocycles. The predicted molar refractivity (Wildman–Crippen MR) is 101 cm³/mol. The highest BCUT2D eigenvalue weighted by Crippen LogP contribution is 2.30. The number of hydrogen-bond acceptors (Lipinski definition) is 5. The van der Waals surface area contributed by atoms with Crippen molar-refractivity contribution in [3.63, 3.8) is 0 Å². The average Bonchev–Trinajstić information content (AvgIpc) is 2.91. The number of aromatic nitrogens is 3. The van der Waals surface area contributed by atoms with Crippen LogP contribution in [0.3, 0.4) is 0 Å². The number of nitrogens with one attached hydrogen (secondary N) is 1. The fraction of sp³-hybridized carbons (Fsp3) is 0.278. The standard InChI is InChI=1S/C18H18N6.ClH/c1-24-17-12(9-19)6-7-15(16(17)23-18(24)20)22-13-8-11-4-2-3-5-14(11)21-10-13;/h6-8,10,22H,2-5H2,1H3,(H2,20,23);1H. The van der Waals surface area contributed by atoms with Gasteiger partial charge in [-0.25, -0.2) is 4.98 Å². The molecule has 4 rings (SSSR count). The van der Waals surface area contributed by atoms with Crippen molar-refractivity contribution in [1.29, 1.82) is 5.26 Å². The molecule has 0 unspecified atom stereocenters. The molecule has 6 nitrogen and oxygen atoms in total. The van der Waals surface area contributed by atoms with Gasteiger partial charge in [-0.3, -0.25) is 4.98 Å². The predicted octanol–water partition coefficient (Wildman–Crippen LogP) is 3.47. The molecule has 3 aromatic rings. The van der Waals surface area contributed by atoms with Crippen LogP contribution in [0, 0.1) is 11.3 Å². The second-order valence-electron chi connectivity index (χ2n) is 6.16. The second-order valence-corrected chi connectivity index (χ2v) is 6.16. The number of anilines is 3. The van der Waals surface area contributed by atoms with Crippen LogP contribution in [0.4, 0.5) is 17.3 Å². The summed E-state index contributed by atoms with van der Waals surface area (Å²) in [7, 11) is 1.82. The highest BCUT2D eigenvalue weighted by atomic mass is 35.5. The zero-order valence-corrected chi connectivity index (χ0v) is 14.7. The van der Waals surface area contributed by atoms with E-state index in [1.807, 2.05) is 19.3 Å². The number of nitrogens with two attached hydrogens (primary N) is 1. The lowest BCUT2D eigenvalue weighted by molar-refractivity contribution is 0.668. The SMILES string of the molecule is Cl.Cn1c(N)nc2c(Nc3cnc4c(c3)CCCC4)ccc(C#N)c21. The van der Waals surface area contributed by atoms with Gasteiger partial charge in [-0.1, -0.05) is 0 Å². The Balaban J connectivity index is 0.00000182. The van der Waals surface area contributed by atoms with Gasteiger partial charge >= 0.3 is 0 Å². The molecule has 0 fully saturated rings. The lowest BCUT2D eigenvalue weighted by Crippen LogP contribution is -2.06. The van der Waals surface area contributed by atoms with E-state index in [1.165, 1.54) is 24.1 Å². The Kier molecular flexibility index (Phi) is 4.51. The van der Waals surface area contributed by atoms with Gasteiger partial charge in [-0.05, 0) is 49.4 Å². The van der Waals surface area contributed by atoms with Crippen molar-refractivity contribution in [2.24, 2.45) is 7.05 Å². The van der Waals surface area contributed by atoms with E-state index in [2.05, 4.69) is 27.4 Å². The third kappa shape index (κ3) is 2.87. The van der Waals surface area contributed by atoms with Crippen molar-refractivity contribution >= 4 is 40.8 Å². The minimum absolute atomic E-state index is 0. The Bertz CT molecular complexity index is 985. The van der Waals surface area contributed by atoms with Crippen molar-refractivity contribution < 1.29 is 0 Å². The van der Waals surface area contributed by atoms with Gasteiger partial charge in [0.2, 0.25) is 5.95 Å². The van der Waals surface area contributed by atoms with E-state index in [9.17, 15) is 5.26 Å². The quantitative estimate of drug-likeness (QED) is 0.735. The molecule has 0 bridgehead atoms. The molecule has 1 aliphatic carbocycles. The van der Waals surface area contributed by atoms with E-state index in [0.717, 1.165) is 29.7 Å². The van der Waals surface area contributed by atoms with Crippen LogP contribution in [-0.2, 0) is 19.9 Å². The summed E-state index contributed by atoms with van der Waals surface area (Å²) in [6, 6.07) is 8.02. The fourth-order valence-corrected chi connectivity index (χ4v) is 3.34. The number of pyridine rings is 1. The zero-order valence-electron chi connectivity index (χ0n) is 13.9. The first-order valence-electron chi connectivity index (χ1n) is 8.07. The molecule has 2 aromatic heterocycles. The topological polar surface area (TPSA) is 92.6 Å². The smallest absolute Gasteiger partial charge is 0.201 e. The van der Waals surface area contributed by atoms with Crippen LogP contribution in [0.1, 0.15) is 29.7 Å². The first-order valence-corrected chi connectivity index (χ1v) is 8.07. The number of benzene rings is 1. The minimum atomic E-state index is 0. The van der Waals surface area contributed by atoms with Gasteiger partial charge in [0, 0.05) is 12.7 Å². The number of nitrogens with zero attached hydrogens (tertiary/aromatic N) is 4. The van der Waals surface area contributed by atoms with E-state index in [0.29, 0.717) is 17.0 Å². The maximum Gasteiger partial charge on any atom is 0.201 e. The molecule has 128 valence electrons. The lowest BCUT2D eigenvalue weighted by Gasteiger charge is -2.16. The first kappa shape index (κ1) is 17.1. The summed E-state index contributed by atoms with van der Waals surface area (Å²) < 4.78 is 1.74. The monoisotopic (exact) mass is 354 g/mol. The van der Waals surface area contributed by atoms with Gasteiger partial charge in [0.25, 0.3) is 0 Å². The van der Waals surface area contributed by atoms with Gasteiger partial charge < -0.3 is 15.6 Å². The number of rotatable bonds is 2. The summed E-state index contributed by atoms with van der Waals surface area (Å²) in [6.45, 7) is 0. The average molecular weight is 355 g/mol. The van der Waals surface area contributed by atoms with E-state index in [-0.39, 0.29) is 12.4 Å². The largest absolute Gasteiger partial charge is 0.369 e. The highest BCUT2D eigenvalue weighted by Gasteiger charge is 2.15. The second kappa shape index (κ2) is 6.61. The molecule has 0 saturated carbocycles. The van der Waals surface area contributed by atoms with Crippen LogP contribution >= 0.6 is 12.4 Å². The van der Waals surface area contributed by atoms with Gasteiger partial charge in [-0.15, -0.1) is 12.4 Å². The molecular weight excluding hydrogens is 336 g/mol. The number of aryl methyl sites for hydroxylation is 3. The molecule has 0 saturated heterocycles. The molecule has 0 spiro atoms. The fourth-order valence-electron chi connectivity index (χ4n) is 3.34. The molecule has 7 heteroatoms. The van der Waals surface area contributed by atoms with Crippen molar-refractivity contribution in [2.75, 3.05) is 11.1 Å². The Morgan fingerprint density at radius 2 is 2.08 bits per heavy atom. The maximum absolute atomic E-state index is 9.32. The molecule has 1 aromatic carbocycles. The number of nitriles is 1. The number of imidazole rings is 1. The van der Waals surface area contributed by atoms with E-state index < -0.39 is 0 Å². The first-order chi connectivity index (χ1) is 11.7. The molecule has 2 heterocycles. The zero-order chi connectivity index (χ0) is 16.7. The molecule has 1 aliphatic rings. The van der Waals surface area contributed by atoms with Crippen LogP contribution in [0.5, 0.6) is 0 Å². The number of halogens is 1.